The van der Waals surface area contributed by atoms with Gasteiger partial charge in [-0.2, -0.15) is 0 Å². The molecule has 0 N–H and O–H groups in total. The number of para-hydroxylation sites is 1. The Morgan fingerprint density at radius 3 is 2.59 bits per heavy atom. The van der Waals surface area contributed by atoms with Crippen LogP contribution in [0.3, 0.4) is 0 Å². The zero-order chi connectivity index (χ0) is 12.8. The molecule has 92 valence electrons. The third-order valence-electron chi connectivity index (χ3n) is 2.15. The maximum absolute atomic E-state index is 11.9. The lowest BCUT2D eigenvalue weighted by molar-refractivity contribution is 0.106. The topological polar surface area (TPSA) is 44.1 Å². The largest absolute Gasteiger partial charge is 0.409 e. The van der Waals surface area contributed by atoms with Crippen molar-refractivity contribution >= 4 is 10.9 Å². The molecule has 4 nitrogen and oxygen atoms in total. The van der Waals surface area contributed by atoms with E-state index in [0.717, 1.165) is 0 Å². The molecule has 0 aliphatic rings. The molecule has 0 bridgehead atoms. The molecule has 4 heteroatoms. The molecule has 0 radical (unpaired) electrons. The van der Waals surface area contributed by atoms with E-state index in [1.165, 1.54) is 4.73 Å². The van der Waals surface area contributed by atoms with Crippen LogP contribution in [0.1, 0.15) is 26.6 Å². The zero-order valence-electron chi connectivity index (χ0n) is 10.7. The average Bonchev–Trinajstić information content (AvgIpc) is 2.37. The molecular formula is C13H18N2O2. The van der Waals surface area contributed by atoms with Gasteiger partial charge in [0.25, 0.3) is 5.56 Å². The second-order valence-corrected chi connectivity index (χ2v) is 3.19. The van der Waals surface area contributed by atoms with E-state index in [2.05, 4.69) is 4.98 Å². The molecule has 1 aromatic heterocycles. The van der Waals surface area contributed by atoms with E-state index in [9.17, 15) is 4.79 Å². The minimum Gasteiger partial charge on any atom is -0.409 e. The van der Waals surface area contributed by atoms with E-state index in [1.54, 1.807) is 13.0 Å². The van der Waals surface area contributed by atoms with Crippen molar-refractivity contribution in [2.75, 3.05) is 6.61 Å². The number of hydrogen-bond acceptors (Lipinski definition) is 3. The highest BCUT2D eigenvalue weighted by atomic mass is 16.7. The van der Waals surface area contributed by atoms with Gasteiger partial charge in [-0.25, -0.2) is 4.98 Å². The third kappa shape index (κ3) is 2.64. The molecule has 0 saturated heterocycles. The van der Waals surface area contributed by atoms with E-state index in [0.29, 0.717) is 23.3 Å². The SMILES string of the molecule is CC.CCOn1c(C)nc2ccccc2c1=O. The summed E-state index contributed by atoms with van der Waals surface area (Å²) in [7, 11) is 0. The van der Waals surface area contributed by atoms with Crippen LogP contribution >= 0.6 is 0 Å². The van der Waals surface area contributed by atoms with Gasteiger partial charge in [0.1, 0.15) is 12.4 Å². The predicted octanol–water partition coefficient (Wildman–Crippen LogP) is 2.18. The maximum atomic E-state index is 11.9. The van der Waals surface area contributed by atoms with Crippen molar-refractivity contribution in [2.45, 2.75) is 27.7 Å². The summed E-state index contributed by atoms with van der Waals surface area (Å²) in [4.78, 5) is 21.4. The van der Waals surface area contributed by atoms with E-state index in [1.807, 2.05) is 39.0 Å². The molecule has 0 saturated carbocycles. The molecule has 2 rings (SSSR count). The van der Waals surface area contributed by atoms with E-state index in [4.69, 9.17) is 4.84 Å². The summed E-state index contributed by atoms with van der Waals surface area (Å²) in [5.41, 5.74) is 0.552. The first-order valence-corrected chi connectivity index (χ1v) is 5.85. The second-order valence-electron chi connectivity index (χ2n) is 3.19. The summed E-state index contributed by atoms with van der Waals surface area (Å²) in [6, 6.07) is 7.25. The normalized spacial score (nSPS) is 9.65. The van der Waals surface area contributed by atoms with Crippen LogP contribution in [0, 0.1) is 6.92 Å². The van der Waals surface area contributed by atoms with Crippen molar-refractivity contribution < 1.29 is 4.84 Å². The van der Waals surface area contributed by atoms with Crippen molar-refractivity contribution in [3.05, 3.63) is 40.4 Å². The van der Waals surface area contributed by atoms with E-state index >= 15 is 0 Å². The van der Waals surface area contributed by atoms with Gasteiger partial charge in [-0.15, -0.1) is 4.73 Å². The van der Waals surface area contributed by atoms with Gasteiger partial charge in [-0.3, -0.25) is 4.79 Å². The molecule has 0 amide bonds. The maximum Gasteiger partial charge on any atom is 0.294 e. The van der Waals surface area contributed by atoms with Crippen LogP contribution in [-0.4, -0.2) is 16.3 Å². The van der Waals surface area contributed by atoms with Gasteiger partial charge in [-0.1, -0.05) is 26.0 Å². The van der Waals surface area contributed by atoms with E-state index in [-0.39, 0.29) is 5.56 Å². The molecule has 0 fully saturated rings. The van der Waals surface area contributed by atoms with Gasteiger partial charge in [0.2, 0.25) is 0 Å². The summed E-state index contributed by atoms with van der Waals surface area (Å²) in [5.74, 6) is 0.570. The minimum absolute atomic E-state index is 0.153. The molecular weight excluding hydrogens is 216 g/mol. The van der Waals surface area contributed by atoms with Crippen LogP contribution in [0.25, 0.3) is 10.9 Å². The molecule has 0 spiro atoms. The molecule has 0 atom stereocenters. The molecule has 2 aromatic rings. The van der Waals surface area contributed by atoms with Crippen molar-refractivity contribution in [2.24, 2.45) is 0 Å². The zero-order valence-corrected chi connectivity index (χ0v) is 10.7. The smallest absolute Gasteiger partial charge is 0.294 e. The third-order valence-corrected chi connectivity index (χ3v) is 2.15. The highest BCUT2D eigenvalue weighted by Gasteiger charge is 2.07. The van der Waals surface area contributed by atoms with Gasteiger partial charge in [-0.05, 0) is 26.0 Å². The molecule has 1 aromatic carbocycles. The number of fused-ring (bicyclic) bond motifs is 1. The molecule has 0 aliphatic carbocycles. The van der Waals surface area contributed by atoms with Crippen LogP contribution in [0.2, 0.25) is 0 Å². The monoisotopic (exact) mass is 234 g/mol. The summed E-state index contributed by atoms with van der Waals surface area (Å²) in [6.45, 7) is 8.03. The highest BCUT2D eigenvalue weighted by Crippen LogP contribution is 2.06. The van der Waals surface area contributed by atoms with Crippen molar-refractivity contribution in [1.29, 1.82) is 0 Å². The minimum atomic E-state index is -0.153. The summed E-state index contributed by atoms with van der Waals surface area (Å²) in [6.07, 6.45) is 0. The molecule has 0 unspecified atom stereocenters. The van der Waals surface area contributed by atoms with Crippen LogP contribution < -0.4 is 10.4 Å². The predicted molar refractivity (Wildman–Crippen MR) is 69.2 cm³/mol. The number of hydrogen-bond donors (Lipinski definition) is 0. The Balaban J connectivity index is 0.000000686. The Bertz CT molecular complexity index is 547. The number of rotatable bonds is 2. The summed E-state index contributed by atoms with van der Waals surface area (Å²) in [5, 5.41) is 0.580. The van der Waals surface area contributed by atoms with Gasteiger partial charge in [0.05, 0.1) is 10.9 Å². The summed E-state index contributed by atoms with van der Waals surface area (Å²) >= 11 is 0. The lowest BCUT2D eigenvalue weighted by Gasteiger charge is -2.09. The van der Waals surface area contributed by atoms with Crippen molar-refractivity contribution in [3.8, 4) is 0 Å². The first-order valence-electron chi connectivity index (χ1n) is 5.85. The van der Waals surface area contributed by atoms with Crippen molar-refractivity contribution in [1.82, 2.24) is 9.71 Å². The van der Waals surface area contributed by atoms with Gasteiger partial charge >= 0.3 is 0 Å². The first-order chi connectivity index (χ1) is 8.24. The number of aryl methyl sites for hydroxylation is 1. The fourth-order valence-electron chi connectivity index (χ4n) is 1.51. The van der Waals surface area contributed by atoms with Gasteiger partial charge in [0.15, 0.2) is 0 Å². The van der Waals surface area contributed by atoms with E-state index < -0.39 is 0 Å². The van der Waals surface area contributed by atoms with Gasteiger partial charge in [0, 0.05) is 0 Å². The fraction of sp³-hybridized carbons (Fsp3) is 0.385. The summed E-state index contributed by atoms with van der Waals surface area (Å²) < 4.78 is 1.24. The Kier molecular flexibility index (Phi) is 4.69. The number of benzene rings is 1. The van der Waals surface area contributed by atoms with Gasteiger partial charge < -0.3 is 4.84 Å². The fourth-order valence-corrected chi connectivity index (χ4v) is 1.51. The quantitative estimate of drug-likeness (QED) is 0.800. The van der Waals surface area contributed by atoms with Crippen molar-refractivity contribution in [3.63, 3.8) is 0 Å². The average molecular weight is 234 g/mol. The highest BCUT2D eigenvalue weighted by molar-refractivity contribution is 5.77. The second kappa shape index (κ2) is 6.03. The van der Waals surface area contributed by atoms with Crippen LogP contribution in [0.15, 0.2) is 29.1 Å². The lowest BCUT2D eigenvalue weighted by atomic mass is 10.2. The van der Waals surface area contributed by atoms with Crippen LogP contribution in [0.5, 0.6) is 0 Å². The van der Waals surface area contributed by atoms with Crippen LogP contribution in [0.4, 0.5) is 0 Å². The molecule has 17 heavy (non-hydrogen) atoms. The molecule has 1 heterocycles. The number of aromatic nitrogens is 2. The number of nitrogens with zero attached hydrogens (tertiary/aromatic N) is 2. The van der Waals surface area contributed by atoms with Crippen LogP contribution in [-0.2, 0) is 0 Å². The Hall–Kier alpha value is -1.84. The Morgan fingerprint density at radius 2 is 1.94 bits per heavy atom. The standard InChI is InChI=1S/C11H12N2O2.C2H6/c1-3-15-13-8(2)12-10-7-5-4-6-9(10)11(13)14;1-2/h4-7H,3H2,1-2H3;1-2H3. The lowest BCUT2D eigenvalue weighted by Crippen LogP contribution is -2.29. The first kappa shape index (κ1) is 13.2. The molecule has 0 aliphatic heterocycles. The Morgan fingerprint density at radius 1 is 1.29 bits per heavy atom. The Labute approximate surface area is 101 Å².